The number of nitro benzene ring substituents is 1. The summed E-state index contributed by atoms with van der Waals surface area (Å²) < 4.78 is 12.7. The van der Waals surface area contributed by atoms with Crippen LogP contribution < -0.4 is 0 Å². The van der Waals surface area contributed by atoms with Gasteiger partial charge in [0.15, 0.2) is 0 Å². The Hall–Kier alpha value is -1.48. The monoisotopic (exact) mass is 244 g/mol. The molecule has 0 saturated heterocycles. The molecule has 66 valence electrons. The van der Waals surface area contributed by atoms with Crippen molar-refractivity contribution in [2.24, 2.45) is 0 Å². The topological polar surface area (TPSA) is 66.9 Å². The first-order valence-electron chi connectivity index (χ1n) is 3.10. The maximum Gasteiger partial charge on any atom is 0.291 e. The second-order valence-corrected chi connectivity index (χ2v) is 3.00. The molecule has 0 atom stereocenters. The molecule has 0 unspecified atom stereocenters. The number of rotatable bonds is 1. The van der Waals surface area contributed by atoms with Crippen LogP contribution in [-0.2, 0) is 0 Å². The lowest BCUT2D eigenvalue weighted by molar-refractivity contribution is -0.385. The van der Waals surface area contributed by atoms with Crippen LogP contribution in [0.15, 0.2) is 16.6 Å². The van der Waals surface area contributed by atoms with Gasteiger partial charge in [0.2, 0.25) is 0 Å². The molecule has 0 aliphatic heterocycles. The van der Waals surface area contributed by atoms with E-state index in [0.717, 1.165) is 6.07 Å². The van der Waals surface area contributed by atoms with Crippen molar-refractivity contribution in [2.45, 2.75) is 0 Å². The van der Waals surface area contributed by atoms with E-state index in [4.69, 9.17) is 5.26 Å². The van der Waals surface area contributed by atoms with Crippen LogP contribution in [0, 0.1) is 27.3 Å². The Morgan fingerprint density at radius 3 is 2.69 bits per heavy atom. The van der Waals surface area contributed by atoms with Gasteiger partial charge in [-0.05, 0) is 22.0 Å². The van der Waals surface area contributed by atoms with Crippen molar-refractivity contribution in [2.75, 3.05) is 0 Å². The molecule has 1 aromatic carbocycles. The molecule has 0 spiro atoms. The van der Waals surface area contributed by atoms with Crippen LogP contribution in [-0.4, -0.2) is 4.92 Å². The number of nitriles is 1. The highest BCUT2D eigenvalue weighted by Crippen LogP contribution is 2.27. The van der Waals surface area contributed by atoms with Crippen LogP contribution in [0.25, 0.3) is 0 Å². The SMILES string of the molecule is N#Cc1c(Br)cc(F)cc1[N+](=O)[O-]. The molecule has 0 N–H and O–H groups in total. The molecule has 0 bridgehead atoms. The molecule has 4 nitrogen and oxygen atoms in total. The normalized spacial score (nSPS) is 9.31. The van der Waals surface area contributed by atoms with E-state index in [-0.39, 0.29) is 10.0 Å². The Bertz CT molecular complexity index is 414. The summed E-state index contributed by atoms with van der Waals surface area (Å²) in [6.07, 6.45) is 0. The number of nitro groups is 1. The average Bonchev–Trinajstić information content (AvgIpc) is 2.02. The summed E-state index contributed by atoms with van der Waals surface area (Å²) in [4.78, 5) is 9.55. The van der Waals surface area contributed by atoms with Gasteiger partial charge in [0, 0.05) is 4.47 Å². The van der Waals surface area contributed by atoms with Crippen LogP contribution in [0.2, 0.25) is 0 Å². The molecule has 0 aliphatic carbocycles. The van der Waals surface area contributed by atoms with E-state index in [2.05, 4.69) is 15.9 Å². The van der Waals surface area contributed by atoms with E-state index in [1.54, 1.807) is 6.07 Å². The van der Waals surface area contributed by atoms with Crippen molar-refractivity contribution in [3.8, 4) is 6.07 Å². The minimum absolute atomic E-state index is 0.0849. The molecule has 6 heteroatoms. The highest BCUT2D eigenvalue weighted by atomic mass is 79.9. The highest BCUT2D eigenvalue weighted by molar-refractivity contribution is 9.10. The first-order chi connectivity index (χ1) is 6.06. The van der Waals surface area contributed by atoms with E-state index in [0.29, 0.717) is 6.07 Å². The summed E-state index contributed by atoms with van der Waals surface area (Å²) in [6, 6.07) is 3.33. The number of nitrogens with zero attached hydrogens (tertiary/aromatic N) is 2. The fourth-order valence-electron chi connectivity index (χ4n) is 0.815. The van der Waals surface area contributed by atoms with Gasteiger partial charge in [-0.3, -0.25) is 10.1 Å². The van der Waals surface area contributed by atoms with Gasteiger partial charge in [0.05, 0.1) is 11.0 Å². The Morgan fingerprint density at radius 1 is 1.62 bits per heavy atom. The lowest BCUT2D eigenvalue weighted by Crippen LogP contribution is -1.94. The largest absolute Gasteiger partial charge is 0.291 e. The fourth-order valence-corrected chi connectivity index (χ4v) is 1.33. The molecule has 1 rings (SSSR count). The average molecular weight is 245 g/mol. The van der Waals surface area contributed by atoms with Gasteiger partial charge in [-0.25, -0.2) is 4.39 Å². The van der Waals surface area contributed by atoms with Gasteiger partial charge in [0.1, 0.15) is 17.4 Å². The zero-order chi connectivity index (χ0) is 10.0. The van der Waals surface area contributed by atoms with Gasteiger partial charge in [-0.15, -0.1) is 0 Å². The molecule has 0 aliphatic rings. The van der Waals surface area contributed by atoms with Crippen molar-refractivity contribution in [1.82, 2.24) is 0 Å². The predicted octanol–water partition coefficient (Wildman–Crippen LogP) is 2.37. The first-order valence-corrected chi connectivity index (χ1v) is 3.89. The summed E-state index contributed by atoms with van der Waals surface area (Å²) in [7, 11) is 0. The van der Waals surface area contributed by atoms with Crippen LogP contribution >= 0.6 is 15.9 Å². The van der Waals surface area contributed by atoms with Gasteiger partial charge < -0.3 is 0 Å². The molecular formula is C7H2BrFN2O2. The number of hydrogen-bond acceptors (Lipinski definition) is 3. The Kier molecular flexibility index (Phi) is 2.58. The minimum Gasteiger partial charge on any atom is -0.258 e. The van der Waals surface area contributed by atoms with Crippen molar-refractivity contribution in [1.29, 1.82) is 5.26 Å². The van der Waals surface area contributed by atoms with Gasteiger partial charge in [-0.2, -0.15) is 5.26 Å². The number of halogens is 2. The molecule has 0 saturated carbocycles. The smallest absolute Gasteiger partial charge is 0.258 e. The zero-order valence-corrected chi connectivity index (χ0v) is 7.71. The molecule has 0 fully saturated rings. The Balaban J connectivity index is 3.50. The van der Waals surface area contributed by atoms with E-state index in [1.807, 2.05) is 0 Å². The quantitative estimate of drug-likeness (QED) is 0.563. The van der Waals surface area contributed by atoms with Crippen LogP contribution in [0.1, 0.15) is 5.56 Å². The second-order valence-electron chi connectivity index (χ2n) is 2.15. The molecule has 13 heavy (non-hydrogen) atoms. The van der Waals surface area contributed by atoms with Crippen LogP contribution in [0.5, 0.6) is 0 Å². The molecule has 1 aromatic rings. The summed E-state index contributed by atoms with van der Waals surface area (Å²) in [5, 5.41) is 18.9. The third-order valence-corrected chi connectivity index (χ3v) is 1.97. The van der Waals surface area contributed by atoms with E-state index in [9.17, 15) is 14.5 Å². The lowest BCUT2D eigenvalue weighted by Gasteiger charge is -1.97. The molecule has 0 aromatic heterocycles. The number of benzene rings is 1. The van der Waals surface area contributed by atoms with Crippen molar-refractivity contribution >= 4 is 21.6 Å². The maximum absolute atomic E-state index is 12.7. The Morgan fingerprint density at radius 2 is 2.23 bits per heavy atom. The molecule has 0 radical (unpaired) electrons. The van der Waals surface area contributed by atoms with Crippen molar-refractivity contribution < 1.29 is 9.31 Å². The lowest BCUT2D eigenvalue weighted by atomic mass is 10.2. The van der Waals surface area contributed by atoms with Gasteiger partial charge in [0.25, 0.3) is 5.69 Å². The zero-order valence-electron chi connectivity index (χ0n) is 6.12. The van der Waals surface area contributed by atoms with Crippen LogP contribution in [0.4, 0.5) is 10.1 Å². The second kappa shape index (κ2) is 3.49. The standard InChI is InChI=1S/C7H2BrFN2O2/c8-6-1-4(9)2-7(11(12)13)5(6)3-10/h1-2H. The van der Waals surface area contributed by atoms with E-state index < -0.39 is 16.4 Å². The fraction of sp³-hybridized carbons (Fsp3) is 0. The predicted molar refractivity (Wildman–Crippen MR) is 45.5 cm³/mol. The molecular weight excluding hydrogens is 243 g/mol. The Labute approximate surface area is 80.9 Å². The summed E-state index contributed by atoms with van der Waals surface area (Å²) in [5.74, 6) is -0.752. The summed E-state index contributed by atoms with van der Waals surface area (Å²) in [6.45, 7) is 0. The van der Waals surface area contributed by atoms with Crippen molar-refractivity contribution in [3.05, 3.63) is 38.1 Å². The van der Waals surface area contributed by atoms with Crippen LogP contribution in [0.3, 0.4) is 0 Å². The maximum atomic E-state index is 12.7. The van der Waals surface area contributed by atoms with E-state index >= 15 is 0 Å². The first kappa shape index (κ1) is 9.61. The highest BCUT2D eigenvalue weighted by Gasteiger charge is 2.18. The summed E-state index contributed by atoms with van der Waals surface area (Å²) in [5.41, 5.74) is -0.708. The van der Waals surface area contributed by atoms with Gasteiger partial charge >= 0.3 is 0 Å². The third kappa shape index (κ3) is 1.81. The third-order valence-electron chi connectivity index (χ3n) is 1.34. The van der Waals surface area contributed by atoms with Gasteiger partial charge in [-0.1, -0.05) is 0 Å². The molecule has 0 heterocycles. The number of hydrogen-bond donors (Lipinski definition) is 0. The molecule has 0 amide bonds. The minimum atomic E-state index is -0.799. The van der Waals surface area contributed by atoms with Crippen molar-refractivity contribution in [3.63, 3.8) is 0 Å². The van der Waals surface area contributed by atoms with E-state index in [1.165, 1.54) is 0 Å². The summed E-state index contributed by atoms with van der Waals surface area (Å²) >= 11 is 2.86.